The van der Waals surface area contributed by atoms with Crippen LogP contribution in [-0.4, -0.2) is 29.8 Å². The van der Waals surface area contributed by atoms with Crippen LogP contribution in [-0.2, 0) is 9.53 Å². The highest BCUT2D eigenvalue weighted by molar-refractivity contribution is 5.79. The van der Waals surface area contributed by atoms with Crippen molar-refractivity contribution in [2.75, 3.05) is 6.61 Å². The molecule has 3 aliphatic rings. The van der Waals surface area contributed by atoms with Crippen molar-refractivity contribution in [1.29, 1.82) is 0 Å². The summed E-state index contributed by atoms with van der Waals surface area (Å²) >= 11 is 0. The number of hydrogen-bond donors (Lipinski definition) is 2. The average molecular weight is 377 g/mol. The molecular formula is C23H23NO4. The summed E-state index contributed by atoms with van der Waals surface area (Å²) in [5.74, 6) is -0.737. The quantitative estimate of drug-likeness (QED) is 0.844. The predicted molar refractivity (Wildman–Crippen MR) is 104 cm³/mol. The van der Waals surface area contributed by atoms with E-state index in [4.69, 9.17) is 4.74 Å². The zero-order valence-electron chi connectivity index (χ0n) is 15.5. The second kappa shape index (κ2) is 6.66. The Hall–Kier alpha value is -2.82. The highest BCUT2D eigenvalue weighted by atomic mass is 16.5. The molecule has 1 amide bonds. The number of carbonyl (C=O) groups is 2. The van der Waals surface area contributed by atoms with Gasteiger partial charge in [-0.2, -0.15) is 0 Å². The van der Waals surface area contributed by atoms with E-state index < -0.39 is 12.1 Å². The number of ether oxygens (including phenoxy) is 1. The molecule has 0 aliphatic heterocycles. The van der Waals surface area contributed by atoms with Crippen LogP contribution in [0.3, 0.4) is 0 Å². The number of carbonyl (C=O) groups excluding carboxylic acids is 1. The SMILES string of the molecule is O=C(NC1CCCC2C(C(=O)O)C12)OCC1c2ccccc2-c2ccccc21. The van der Waals surface area contributed by atoms with Crippen LogP contribution in [0.4, 0.5) is 4.79 Å². The van der Waals surface area contributed by atoms with Gasteiger partial charge in [0.2, 0.25) is 0 Å². The molecule has 2 aromatic rings. The second-order valence-corrected chi connectivity index (χ2v) is 8.11. The number of hydrogen-bond acceptors (Lipinski definition) is 3. The number of benzene rings is 2. The zero-order valence-corrected chi connectivity index (χ0v) is 15.5. The van der Waals surface area contributed by atoms with Crippen LogP contribution in [0.1, 0.15) is 36.3 Å². The van der Waals surface area contributed by atoms with Gasteiger partial charge >= 0.3 is 12.1 Å². The van der Waals surface area contributed by atoms with E-state index in [1.54, 1.807) is 0 Å². The minimum absolute atomic E-state index is 0.0324. The standard InChI is InChI=1S/C23H23NO4/c25-22(26)21-17-10-5-11-19(20(17)21)24-23(27)28-12-18-15-8-3-1-6-13(15)14-7-2-4-9-16(14)18/h1-4,6-9,17-21H,5,10-12H2,(H,24,27)(H,25,26). The summed E-state index contributed by atoms with van der Waals surface area (Å²) in [5, 5.41) is 12.3. The summed E-state index contributed by atoms with van der Waals surface area (Å²) in [6, 6.07) is 16.4. The summed E-state index contributed by atoms with van der Waals surface area (Å²) in [4.78, 5) is 23.8. The molecule has 5 nitrogen and oxygen atoms in total. The molecule has 4 unspecified atom stereocenters. The highest BCUT2D eigenvalue weighted by Crippen LogP contribution is 2.55. The highest BCUT2D eigenvalue weighted by Gasteiger charge is 2.59. The van der Waals surface area contributed by atoms with Gasteiger partial charge in [0.15, 0.2) is 0 Å². The molecular weight excluding hydrogens is 354 g/mol. The average Bonchev–Trinajstić information content (AvgIpc) is 3.37. The Bertz CT molecular complexity index is 894. The molecule has 0 saturated heterocycles. The van der Waals surface area contributed by atoms with E-state index in [1.165, 1.54) is 22.3 Å². The number of aliphatic carboxylic acids is 1. The first-order chi connectivity index (χ1) is 13.6. The van der Waals surface area contributed by atoms with Gasteiger partial charge in [-0.05, 0) is 46.9 Å². The van der Waals surface area contributed by atoms with E-state index in [0.717, 1.165) is 19.3 Å². The van der Waals surface area contributed by atoms with Crippen molar-refractivity contribution < 1.29 is 19.4 Å². The first kappa shape index (κ1) is 17.3. The van der Waals surface area contributed by atoms with Gasteiger partial charge in [0.05, 0.1) is 5.92 Å². The molecule has 5 rings (SSSR count). The molecule has 2 N–H and O–H groups in total. The lowest BCUT2D eigenvalue weighted by Crippen LogP contribution is -2.39. The number of nitrogens with one attached hydrogen (secondary N) is 1. The van der Waals surface area contributed by atoms with Crippen LogP contribution >= 0.6 is 0 Å². The van der Waals surface area contributed by atoms with Gasteiger partial charge in [-0.15, -0.1) is 0 Å². The van der Waals surface area contributed by atoms with E-state index in [2.05, 4.69) is 29.6 Å². The summed E-state index contributed by atoms with van der Waals surface area (Å²) < 4.78 is 5.61. The van der Waals surface area contributed by atoms with Gasteiger partial charge < -0.3 is 15.2 Å². The van der Waals surface area contributed by atoms with E-state index in [9.17, 15) is 14.7 Å². The van der Waals surface area contributed by atoms with Crippen LogP contribution in [0, 0.1) is 17.8 Å². The molecule has 2 fully saturated rings. The third kappa shape index (κ3) is 2.77. The summed E-state index contributed by atoms with van der Waals surface area (Å²) in [6.45, 7) is 0.281. The van der Waals surface area contributed by atoms with Crippen molar-refractivity contribution in [3.8, 4) is 11.1 Å². The third-order valence-corrected chi connectivity index (χ3v) is 6.68. The van der Waals surface area contributed by atoms with Crippen molar-refractivity contribution in [3.05, 3.63) is 59.7 Å². The van der Waals surface area contributed by atoms with E-state index in [0.29, 0.717) is 0 Å². The molecule has 0 aromatic heterocycles. The van der Waals surface area contributed by atoms with Crippen LogP contribution in [0.5, 0.6) is 0 Å². The number of rotatable bonds is 4. The summed E-state index contributed by atoms with van der Waals surface area (Å²) in [6.07, 6.45) is 2.29. The van der Waals surface area contributed by atoms with Crippen LogP contribution < -0.4 is 5.32 Å². The molecule has 28 heavy (non-hydrogen) atoms. The molecule has 0 bridgehead atoms. The zero-order chi connectivity index (χ0) is 19.3. The lowest BCUT2D eigenvalue weighted by molar-refractivity contribution is -0.139. The number of alkyl carbamates (subject to hydrolysis) is 1. The van der Waals surface area contributed by atoms with Crippen LogP contribution in [0.15, 0.2) is 48.5 Å². The number of amides is 1. The number of carboxylic acid groups (broad SMARTS) is 1. The van der Waals surface area contributed by atoms with E-state index >= 15 is 0 Å². The molecule has 3 aliphatic carbocycles. The Labute approximate surface area is 163 Å². The number of fused-ring (bicyclic) bond motifs is 4. The van der Waals surface area contributed by atoms with Gasteiger partial charge in [0.25, 0.3) is 0 Å². The molecule has 5 heteroatoms. The van der Waals surface area contributed by atoms with E-state index in [-0.39, 0.29) is 36.3 Å². The van der Waals surface area contributed by atoms with Crippen molar-refractivity contribution in [2.24, 2.45) is 17.8 Å². The fourth-order valence-electron chi connectivity index (χ4n) is 5.39. The fourth-order valence-corrected chi connectivity index (χ4v) is 5.39. The smallest absolute Gasteiger partial charge is 0.407 e. The topological polar surface area (TPSA) is 75.6 Å². The maximum atomic E-state index is 12.5. The van der Waals surface area contributed by atoms with Crippen molar-refractivity contribution in [2.45, 2.75) is 31.2 Å². The summed E-state index contributed by atoms with van der Waals surface area (Å²) in [5.41, 5.74) is 4.76. The predicted octanol–water partition coefficient (Wildman–Crippen LogP) is 4.02. The molecule has 2 saturated carbocycles. The maximum Gasteiger partial charge on any atom is 0.407 e. The Balaban J connectivity index is 1.26. The second-order valence-electron chi connectivity index (χ2n) is 8.11. The Morgan fingerprint density at radius 2 is 1.64 bits per heavy atom. The summed E-state index contributed by atoms with van der Waals surface area (Å²) in [7, 11) is 0. The molecule has 0 spiro atoms. The minimum Gasteiger partial charge on any atom is -0.481 e. The lowest BCUT2D eigenvalue weighted by atomic mass is 9.96. The van der Waals surface area contributed by atoms with Gasteiger partial charge in [0, 0.05) is 12.0 Å². The van der Waals surface area contributed by atoms with Crippen molar-refractivity contribution >= 4 is 12.1 Å². The van der Waals surface area contributed by atoms with Gasteiger partial charge in [-0.3, -0.25) is 4.79 Å². The van der Waals surface area contributed by atoms with Crippen LogP contribution in [0.25, 0.3) is 11.1 Å². The Morgan fingerprint density at radius 3 is 2.29 bits per heavy atom. The fraction of sp³-hybridized carbons (Fsp3) is 0.391. The molecule has 4 atom stereocenters. The first-order valence-corrected chi connectivity index (χ1v) is 9.99. The number of carboxylic acids is 1. The van der Waals surface area contributed by atoms with Crippen molar-refractivity contribution in [3.63, 3.8) is 0 Å². The third-order valence-electron chi connectivity index (χ3n) is 6.68. The normalized spacial score (nSPS) is 27.3. The van der Waals surface area contributed by atoms with Gasteiger partial charge in [-0.25, -0.2) is 4.79 Å². The van der Waals surface area contributed by atoms with Crippen molar-refractivity contribution in [1.82, 2.24) is 5.32 Å². The van der Waals surface area contributed by atoms with Crippen LogP contribution in [0.2, 0.25) is 0 Å². The molecule has 0 heterocycles. The minimum atomic E-state index is -0.740. The van der Waals surface area contributed by atoms with Gasteiger partial charge in [-0.1, -0.05) is 55.0 Å². The maximum absolute atomic E-state index is 12.5. The monoisotopic (exact) mass is 377 g/mol. The first-order valence-electron chi connectivity index (χ1n) is 9.99. The lowest BCUT2D eigenvalue weighted by Gasteiger charge is -2.23. The largest absolute Gasteiger partial charge is 0.481 e. The van der Waals surface area contributed by atoms with Gasteiger partial charge in [0.1, 0.15) is 6.61 Å². The van der Waals surface area contributed by atoms with E-state index in [1.807, 2.05) is 24.3 Å². The molecule has 0 radical (unpaired) electrons. The molecule has 144 valence electrons. The Kier molecular flexibility index (Phi) is 4.11. The Morgan fingerprint density at radius 1 is 1.00 bits per heavy atom. The molecule has 2 aromatic carbocycles.